The standard InChI is InChI=1S/C25H41N9O9S2/c1-12(2)3-14(30-19(36)5-26)22(39)32-16(8-35)24(41)33-17(9-44)21(38)28-7-20(37)31-15(4-13-6-27-11-29-13)23(40)34-18(10-45)25(42)43/h6,11-12,14-18,35,44-45H,3-5,7-10,26H2,1-2H3,(H,27,29)(H,28,38)(H,30,36)(H,31,37)(H,32,39)(H,33,41)(H,34,40)(H,42,43)/t14-,15-,16-,17-,18-/m0/s1. The van der Waals surface area contributed by atoms with Crippen molar-refractivity contribution in [3.63, 3.8) is 0 Å². The first-order chi connectivity index (χ1) is 21.3. The van der Waals surface area contributed by atoms with Gasteiger partial charge >= 0.3 is 5.97 Å². The van der Waals surface area contributed by atoms with Gasteiger partial charge in [0.1, 0.15) is 30.2 Å². The number of carboxylic acids is 1. The summed E-state index contributed by atoms with van der Waals surface area (Å²) in [6, 6.07) is -6.40. The number of carbonyl (C=O) groups is 7. The fraction of sp³-hybridized carbons (Fsp3) is 0.600. The van der Waals surface area contributed by atoms with E-state index in [1.807, 2.05) is 13.8 Å². The topological polar surface area (TPSA) is 287 Å². The summed E-state index contributed by atoms with van der Waals surface area (Å²) in [4.78, 5) is 93.3. The Balaban J connectivity index is 2.82. The summed E-state index contributed by atoms with van der Waals surface area (Å²) in [5.41, 5.74) is 5.76. The highest BCUT2D eigenvalue weighted by Crippen LogP contribution is 2.06. The van der Waals surface area contributed by atoms with E-state index in [1.165, 1.54) is 12.5 Å². The van der Waals surface area contributed by atoms with E-state index in [2.05, 4.69) is 67.1 Å². The van der Waals surface area contributed by atoms with Gasteiger partial charge in [0.15, 0.2) is 0 Å². The highest BCUT2D eigenvalue weighted by atomic mass is 32.1. The number of rotatable bonds is 20. The number of aliphatic hydroxyl groups excluding tert-OH is 1. The van der Waals surface area contributed by atoms with E-state index in [4.69, 9.17) is 5.73 Å². The molecule has 0 aliphatic carbocycles. The predicted molar refractivity (Wildman–Crippen MR) is 166 cm³/mol. The molecule has 1 heterocycles. The molecule has 0 fully saturated rings. The van der Waals surface area contributed by atoms with Crippen molar-refractivity contribution in [2.75, 3.05) is 31.2 Å². The van der Waals surface area contributed by atoms with Crippen LogP contribution in [0.15, 0.2) is 12.5 Å². The van der Waals surface area contributed by atoms with Gasteiger partial charge in [0.2, 0.25) is 35.4 Å². The third-order valence-electron chi connectivity index (χ3n) is 6.03. The number of aliphatic carboxylic acids is 1. The highest BCUT2D eigenvalue weighted by Gasteiger charge is 2.30. The van der Waals surface area contributed by atoms with Crippen molar-refractivity contribution in [2.45, 2.75) is 56.9 Å². The number of carboxylic acid groups (broad SMARTS) is 1. The number of aromatic nitrogens is 2. The Morgan fingerprint density at radius 2 is 1.38 bits per heavy atom. The second-order valence-electron chi connectivity index (χ2n) is 10.1. The summed E-state index contributed by atoms with van der Waals surface area (Å²) in [5.74, 6) is -6.54. The lowest BCUT2D eigenvalue weighted by molar-refractivity contribution is -0.141. The average Bonchev–Trinajstić information content (AvgIpc) is 3.51. The molecule has 252 valence electrons. The molecule has 1 aromatic rings. The zero-order chi connectivity index (χ0) is 34.1. The summed E-state index contributed by atoms with van der Waals surface area (Å²) < 4.78 is 0. The monoisotopic (exact) mass is 675 g/mol. The molecule has 0 saturated carbocycles. The molecule has 0 aliphatic rings. The van der Waals surface area contributed by atoms with E-state index in [9.17, 15) is 43.8 Å². The minimum atomic E-state index is -1.49. The van der Waals surface area contributed by atoms with Crippen molar-refractivity contribution in [2.24, 2.45) is 11.7 Å². The molecule has 0 aromatic carbocycles. The molecule has 0 bridgehead atoms. The maximum Gasteiger partial charge on any atom is 0.327 e. The van der Waals surface area contributed by atoms with Gasteiger partial charge in [-0.15, -0.1) is 0 Å². The summed E-state index contributed by atoms with van der Waals surface area (Å²) in [6.07, 6.45) is 2.90. The van der Waals surface area contributed by atoms with Gasteiger partial charge in [-0.1, -0.05) is 13.8 Å². The average molecular weight is 676 g/mol. The van der Waals surface area contributed by atoms with E-state index in [0.29, 0.717) is 5.69 Å². The lowest BCUT2D eigenvalue weighted by Gasteiger charge is -2.24. The molecule has 5 atom stereocenters. The Kier molecular flexibility index (Phi) is 17.6. The van der Waals surface area contributed by atoms with Crippen LogP contribution in [-0.4, -0.2) is 123 Å². The van der Waals surface area contributed by atoms with Gasteiger partial charge in [-0.2, -0.15) is 25.3 Å². The van der Waals surface area contributed by atoms with Crippen LogP contribution >= 0.6 is 25.3 Å². The number of nitrogens with two attached hydrogens (primary N) is 1. The Morgan fingerprint density at radius 1 is 0.822 bits per heavy atom. The second-order valence-corrected chi connectivity index (χ2v) is 10.9. The van der Waals surface area contributed by atoms with Crippen molar-refractivity contribution in [1.29, 1.82) is 0 Å². The van der Waals surface area contributed by atoms with Crippen LogP contribution in [0, 0.1) is 5.92 Å². The lowest BCUT2D eigenvalue weighted by Crippen LogP contribution is -2.59. The quantitative estimate of drug-likeness (QED) is 0.0584. The van der Waals surface area contributed by atoms with E-state index in [0.717, 1.165) is 0 Å². The van der Waals surface area contributed by atoms with Crippen LogP contribution in [-0.2, 0) is 40.0 Å². The Morgan fingerprint density at radius 3 is 1.89 bits per heavy atom. The third kappa shape index (κ3) is 14.2. The number of hydrogen-bond acceptors (Lipinski definition) is 12. The largest absolute Gasteiger partial charge is 0.480 e. The first kappa shape index (κ1) is 39.1. The van der Waals surface area contributed by atoms with Crippen LogP contribution in [0.1, 0.15) is 26.0 Å². The number of H-pyrrole nitrogens is 1. The molecule has 0 aliphatic heterocycles. The first-order valence-electron chi connectivity index (χ1n) is 13.8. The molecule has 20 heteroatoms. The Bertz CT molecular complexity index is 1170. The lowest BCUT2D eigenvalue weighted by atomic mass is 10.0. The molecule has 18 nitrogen and oxygen atoms in total. The van der Waals surface area contributed by atoms with Crippen LogP contribution in [0.25, 0.3) is 0 Å². The summed E-state index contributed by atoms with van der Waals surface area (Å²) >= 11 is 7.95. The van der Waals surface area contributed by atoms with Crippen molar-refractivity contribution >= 4 is 66.7 Å². The van der Waals surface area contributed by atoms with Gasteiger partial charge in [0.25, 0.3) is 0 Å². The Labute approximate surface area is 270 Å². The Hall–Kier alpha value is -3.88. The molecular formula is C25H41N9O9S2. The normalized spacial score (nSPS) is 14.2. The third-order valence-corrected chi connectivity index (χ3v) is 6.76. The number of amides is 6. The number of thiol groups is 2. The summed E-state index contributed by atoms with van der Waals surface area (Å²) in [7, 11) is 0. The van der Waals surface area contributed by atoms with Gasteiger partial charge < -0.3 is 52.8 Å². The minimum absolute atomic E-state index is 0.0143. The predicted octanol–water partition coefficient (Wildman–Crippen LogP) is -4.57. The van der Waals surface area contributed by atoms with Crippen LogP contribution < -0.4 is 37.6 Å². The summed E-state index contributed by atoms with van der Waals surface area (Å²) in [6.45, 7) is 1.79. The second kappa shape index (κ2) is 20.2. The van der Waals surface area contributed by atoms with Gasteiger partial charge in [-0.25, -0.2) is 9.78 Å². The molecule has 1 rings (SSSR count). The smallest absolute Gasteiger partial charge is 0.327 e. The van der Waals surface area contributed by atoms with Crippen molar-refractivity contribution < 1.29 is 43.8 Å². The van der Waals surface area contributed by atoms with Crippen LogP contribution in [0.5, 0.6) is 0 Å². The van der Waals surface area contributed by atoms with Crippen LogP contribution in [0.3, 0.4) is 0 Å². The van der Waals surface area contributed by atoms with Crippen molar-refractivity contribution in [3.05, 3.63) is 18.2 Å². The molecule has 0 unspecified atom stereocenters. The van der Waals surface area contributed by atoms with Gasteiger partial charge in [-0.05, 0) is 12.3 Å². The van der Waals surface area contributed by atoms with Crippen LogP contribution in [0.4, 0.5) is 0 Å². The van der Waals surface area contributed by atoms with E-state index in [-0.39, 0.29) is 36.8 Å². The number of imidazole rings is 1. The van der Waals surface area contributed by atoms with Crippen molar-refractivity contribution in [1.82, 2.24) is 41.9 Å². The molecule has 0 radical (unpaired) electrons. The van der Waals surface area contributed by atoms with Gasteiger partial charge in [-0.3, -0.25) is 28.8 Å². The number of aromatic amines is 1. The minimum Gasteiger partial charge on any atom is -0.480 e. The van der Waals surface area contributed by atoms with Crippen molar-refractivity contribution in [3.8, 4) is 0 Å². The number of aliphatic hydroxyl groups is 1. The molecule has 11 N–H and O–H groups in total. The molecule has 0 spiro atoms. The maximum atomic E-state index is 12.8. The highest BCUT2D eigenvalue weighted by molar-refractivity contribution is 7.80. The molecular weight excluding hydrogens is 634 g/mol. The van der Waals surface area contributed by atoms with E-state index < -0.39 is 84.8 Å². The molecule has 6 amide bonds. The summed E-state index contributed by atoms with van der Waals surface area (Å²) in [5, 5.41) is 33.0. The first-order valence-corrected chi connectivity index (χ1v) is 15.0. The van der Waals surface area contributed by atoms with Gasteiger partial charge in [0, 0.05) is 29.8 Å². The number of carbonyl (C=O) groups excluding carboxylic acids is 6. The number of nitrogens with zero attached hydrogens (tertiary/aromatic N) is 1. The molecule has 1 aromatic heterocycles. The number of hydrogen-bond donors (Lipinski definition) is 12. The van der Waals surface area contributed by atoms with Crippen LogP contribution in [0.2, 0.25) is 0 Å². The fourth-order valence-corrected chi connectivity index (χ4v) is 4.21. The zero-order valence-electron chi connectivity index (χ0n) is 24.7. The van der Waals surface area contributed by atoms with E-state index in [1.54, 1.807) is 0 Å². The SMILES string of the molecule is CC(C)C[C@H](NC(=O)CN)C(=O)N[C@@H](CO)C(=O)N[C@@H](CS)C(=O)NCC(=O)N[C@@H](Cc1cnc[nH]1)C(=O)N[C@@H](CS)C(=O)O. The molecule has 45 heavy (non-hydrogen) atoms. The van der Waals surface area contributed by atoms with E-state index >= 15 is 0 Å². The fourth-order valence-electron chi connectivity index (χ4n) is 3.71. The maximum absolute atomic E-state index is 12.8. The zero-order valence-corrected chi connectivity index (χ0v) is 26.5. The number of nitrogens with one attached hydrogen (secondary N) is 7. The van der Waals surface area contributed by atoms with Gasteiger partial charge in [0.05, 0.1) is 26.0 Å². The molecule has 0 saturated heterocycles.